The summed E-state index contributed by atoms with van der Waals surface area (Å²) in [7, 11) is 0. The fourth-order valence-electron chi connectivity index (χ4n) is 0.838. The lowest BCUT2D eigenvalue weighted by atomic mass is 10.2. The van der Waals surface area contributed by atoms with Gasteiger partial charge >= 0.3 is 0 Å². The molecule has 0 atom stereocenters. The molecule has 1 aromatic rings. The van der Waals surface area contributed by atoms with Crippen molar-refractivity contribution in [1.82, 2.24) is 0 Å². The van der Waals surface area contributed by atoms with Gasteiger partial charge in [0.05, 0.1) is 9.95 Å². The highest BCUT2D eigenvalue weighted by Crippen LogP contribution is 2.24. The van der Waals surface area contributed by atoms with Gasteiger partial charge in [0.25, 0.3) is 0 Å². The summed E-state index contributed by atoms with van der Waals surface area (Å²) in [5.41, 5.74) is -0.0146. The summed E-state index contributed by atoms with van der Waals surface area (Å²) >= 11 is 11.1. The first-order valence-corrected chi connectivity index (χ1v) is 4.22. The smallest absolute Gasteiger partial charge is 0.235 e. The van der Waals surface area contributed by atoms with E-state index in [0.717, 1.165) is 6.08 Å². The predicted octanol–water partition coefficient (Wildman–Crippen LogP) is 3.38. The number of halogens is 3. The minimum Gasteiger partial charge on any atom is -0.259 e. The van der Waals surface area contributed by atoms with Crippen LogP contribution in [0.15, 0.2) is 18.3 Å². The van der Waals surface area contributed by atoms with E-state index in [2.05, 4.69) is 0 Å². The van der Waals surface area contributed by atoms with E-state index in [0.29, 0.717) is 6.20 Å². The largest absolute Gasteiger partial charge is 0.259 e. The second kappa shape index (κ2) is 4.39. The van der Waals surface area contributed by atoms with E-state index in [4.69, 9.17) is 23.2 Å². The molecule has 0 aliphatic rings. The van der Waals surface area contributed by atoms with Crippen LogP contribution < -0.4 is 0 Å². The lowest BCUT2D eigenvalue weighted by Crippen LogP contribution is -1.87. The van der Waals surface area contributed by atoms with Gasteiger partial charge in [-0.25, -0.2) is 4.39 Å². The van der Waals surface area contributed by atoms with Crippen LogP contribution in [0.4, 0.5) is 4.39 Å². The van der Waals surface area contributed by atoms with Crippen molar-refractivity contribution in [2.75, 3.05) is 0 Å². The average Bonchev–Trinajstić information content (AvgIpc) is 2.08. The molecule has 0 aromatic heterocycles. The Balaban J connectivity index is 3.14. The lowest BCUT2D eigenvalue weighted by molar-refractivity contribution is -0.400. The van der Waals surface area contributed by atoms with Gasteiger partial charge in [-0.3, -0.25) is 10.1 Å². The van der Waals surface area contributed by atoms with Crippen molar-refractivity contribution in [2.24, 2.45) is 0 Å². The number of hydrogen-bond donors (Lipinski definition) is 0. The van der Waals surface area contributed by atoms with E-state index in [-0.39, 0.29) is 15.6 Å². The topological polar surface area (TPSA) is 43.1 Å². The van der Waals surface area contributed by atoms with Crippen LogP contribution in [0.3, 0.4) is 0 Å². The van der Waals surface area contributed by atoms with Gasteiger partial charge < -0.3 is 0 Å². The Bertz CT molecular complexity index is 407. The molecule has 0 saturated heterocycles. The summed E-state index contributed by atoms with van der Waals surface area (Å²) in [5, 5.41) is 10.0. The molecule has 0 amide bonds. The normalized spacial score (nSPS) is 10.8. The van der Waals surface area contributed by atoms with Crippen molar-refractivity contribution in [3.63, 3.8) is 0 Å². The van der Waals surface area contributed by atoms with Crippen molar-refractivity contribution in [3.05, 3.63) is 49.9 Å². The van der Waals surface area contributed by atoms with Gasteiger partial charge in [0.1, 0.15) is 5.82 Å². The average molecular weight is 236 g/mol. The maximum atomic E-state index is 13.2. The van der Waals surface area contributed by atoms with Crippen molar-refractivity contribution >= 4 is 29.3 Å². The van der Waals surface area contributed by atoms with Crippen LogP contribution in [0.1, 0.15) is 5.56 Å². The van der Waals surface area contributed by atoms with Crippen molar-refractivity contribution < 1.29 is 9.31 Å². The van der Waals surface area contributed by atoms with E-state index in [9.17, 15) is 14.5 Å². The Morgan fingerprint density at radius 3 is 2.64 bits per heavy atom. The highest BCUT2D eigenvalue weighted by atomic mass is 35.5. The fraction of sp³-hybridized carbons (Fsp3) is 0. The molecule has 0 bridgehead atoms. The zero-order chi connectivity index (χ0) is 10.7. The zero-order valence-electron chi connectivity index (χ0n) is 6.71. The number of nitro groups is 1. The first kappa shape index (κ1) is 10.9. The first-order valence-electron chi connectivity index (χ1n) is 3.47. The molecule has 0 spiro atoms. The van der Waals surface area contributed by atoms with E-state index in [1.807, 2.05) is 0 Å². The Hall–Kier alpha value is -1.13. The third-order valence-corrected chi connectivity index (χ3v) is 1.89. The zero-order valence-corrected chi connectivity index (χ0v) is 8.22. The third-order valence-electron chi connectivity index (χ3n) is 1.40. The number of rotatable bonds is 2. The molecule has 74 valence electrons. The van der Waals surface area contributed by atoms with Crippen molar-refractivity contribution in [1.29, 1.82) is 0 Å². The van der Waals surface area contributed by atoms with E-state index >= 15 is 0 Å². The second-order valence-electron chi connectivity index (χ2n) is 2.39. The molecular weight excluding hydrogens is 232 g/mol. The molecule has 0 aliphatic heterocycles. The summed E-state index contributed by atoms with van der Waals surface area (Å²) in [6.07, 6.45) is 1.61. The molecular formula is C8H4Cl2FNO2. The maximum Gasteiger partial charge on any atom is 0.235 e. The van der Waals surface area contributed by atoms with Crippen LogP contribution in [0, 0.1) is 15.9 Å². The molecule has 3 nitrogen and oxygen atoms in total. The summed E-state index contributed by atoms with van der Waals surface area (Å²) in [6.45, 7) is 0. The molecule has 6 heteroatoms. The van der Waals surface area contributed by atoms with Gasteiger partial charge in [-0.1, -0.05) is 23.2 Å². The number of nitrogens with zero attached hydrogens (tertiary/aromatic N) is 1. The molecule has 0 N–H and O–H groups in total. The molecule has 1 rings (SSSR count). The van der Waals surface area contributed by atoms with Gasteiger partial charge in [0.15, 0.2) is 0 Å². The van der Waals surface area contributed by atoms with Crippen LogP contribution in [-0.4, -0.2) is 4.92 Å². The maximum absolute atomic E-state index is 13.2. The van der Waals surface area contributed by atoms with Crippen LogP contribution in [-0.2, 0) is 0 Å². The first-order chi connectivity index (χ1) is 6.50. The van der Waals surface area contributed by atoms with Crippen molar-refractivity contribution in [3.8, 4) is 0 Å². The number of hydrogen-bond acceptors (Lipinski definition) is 2. The van der Waals surface area contributed by atoms with Crippen LogP contribution in [0.2, 0.25) is 10.0 Å². The van der Waals surface area contributed by atoms with Gasteiger partial charge in [-0.05, 0) is 12.1 Å². The summed E-state index contributed by atoms with van der Waals surface area (Å²) in [4.78, 5) is 9.28. The van der Waals surface area contributed by atoms with E-state index < -0.39 is 10.7 Å². The van der Waals surface area contributed by atoms with Gasteiger partial charge in [-0.15, -0.1) is 0 Å². The fourth-order valence-corrected chi connectivity index (χ4v) is 1.35. The SMILES string of the molecule is O=[N+]([O-])/C=C/c1cc(Cl)cc(Cl)c1F. The highest BCUT2D eigenvalue weighted by molar-refractivity contribution is 6.34. The van der Waals surface area contributed by atoms with Gasteiger partial charge in [-0.2, -0.15) is 0 Å². The number of benzene rings is 1. The standard InChI is InChI=1S/C8H4Cl2FNO2/c9-6-3-5(1-2-12(13)14)8(11)7(10)4-6/h1-4H/b2-1+. The van der Waals surface area contributed by atoms with Crippen molar-refractivity contribution in [2.45, 2.75) is 0 Å². The molecule has 0 saturated carbocycles. The van der Waals surface area contributed by atoms with E-state index in [1.54, 1.807) is 0 Å². The summed E-state index contributed by atoms with van der Waals surface area (Å²) in [6, 6.07) is 2.48. The van der Waals surface area contributed by atoms with Gasteiger partial charge in [0.2, 0.25) is 6.20 Å². The van der Waals surface area contributed by atoms with Gasteiger partial charge in [0, 0.05) is 16.7 Å². The van der Waals surface area contributed by atoms with E-state index in [1.165, 1.54) is 12.1 Å². The lowest BCUT2D eigenvalue weighted by Gasteiger charge is -1.99. The highest BCUT2D eigenvalue weighted by Gasteiger charge is 2.06. The quantitative estimate of drug-likeness (QED) is 0.448. The Morgan fingerprint density at radius 1 is 1.43 bits per heavy atom. The predicted molar refractivity (Wildman–Crippen MR) is 52.4 cm³/mol. The monoisotopic (exact) mass is 235 g/mol. The molecule has 0 unspecified atom stereocenters. The third kappa shape index (κ3) is 2.68. The molecule has 14 heavy (non-hydrogen) atoms. The molecule has 0 radical (unpaired) electrons. The molecule has 0 aliphatic carbocycles. The summed E-state index contributed by atoms with van der Waals surface area (Å²) in [5.74, 6) is -0.728. The summed E-state index contributed by atoms with van der Waals surface area (Å²) < 4.78 is 13.2. The Morgan fingerprint density at radius 2 is 2.07 bits per heavy atom. The van der Waals surface area contributed by atoms with Crippen LogP contribution in [0.25, 0.3) is 6.08 Å². The Labute approximate surface area is 88.9 Å². The molecule has 0 heterocycles. The van der Waals surface area contributed by atoms with Crippen LogP contribution in [0.5, 0.6) is 0 Å². The second-order valence-corrected chi connectivity index (χ2v) is 3.24. The Kier molecular flexibility index (Phi) is 3.43. The van der Waals surface area contributed by atoms with Crippen LogP contribution >= 0.6 is 23.2 Å². The molecule has 0 fully saturated rings. The minimum atomic E-state index is -0.728. The molecule has 1 aromatic carbocycles. The minimum absolute atomic E-state index is 0.0146.